The van der Waals surface area contributed by atoms with Gasteiger partial charge in [0.25, 0.3) is 0 Å². The first-order valence-corrected chi connectivity index (χ1v) is 10.7. The van der Waals surface area contributed by atoms with Gasteiger partial charge in [0.15, 0.2) is 5.82 Å². The molecule has 0 unspecified atom stereocenters. The molecule has 0 radical (unpaired) electrons. The van der Waals surface area contributed by atoms with Crippen molar-refractivity contribution in [3.05, 3.63) is 11.7 Å². The lowest BCUT2D eigenvalue weighted by molar-refractivity contribution is 0.195. The van der Waals surface area contributed by atoms with E-state index in [0.717, 1.165) is 25.1 Å². The van der Waals surface area contributed by atoms with E-state index in [1.54, 1.807) is 4.90 Å². The topological polar surface area (TPSA) is 88.3 Å². The Morgan fingerprint density at radius 1 is 1.28 bits per heavy atom. The molecule has 1 saturated carbocycles. The summed E-state index contributed by atoms with van der Waals surface area (Å²) < 4.78 is 17.3. The van der Waals surface area contributed by atoms with E-state index >= 15 is 0 Å². The first-order chi connectivity index (χ1) is 12.0. The first kappa shape index (κ1) is 18.4. The van der Waals surface area contributed by atoms with Gasteiger partial charge in [-0.3, -0.25) is 4.21 Å². The molecule has 1 aliphatic heterocycles. The summed E-state index contributed by atoms with van der Waals surface area (Å²) in [6, 6.07) is -0.487. The smallest absolute Gasteiger partial charge is 0.318 e. The van der Waals surface area contributed by atoms with E-state index in [9.17, 15) is 9.00 Å². The molecule has 0 spiro atoms. The van der Waals surface area contributed by atoms with Crippen LogP contribution >= 0.6 is 0 Å². The number of hydrogen-bond acceptors (Lipinski definition) is 5. The molecule has 0 aromatic carbocycles. The van der Waals surface area contributed by atoms with Crippen molar-refractivity contribution in [1.29, 1.82) is 0 Å². The van der Waals surface area contributed by atoms with Crippen LogP contribution in [0.2, 0.25) is 0 Å². The zero-order valence-electron chi connectivity index (χ0n) is 15.1. The van der Waals surface area contributed by atoms with Gasteiger partial charge in [-0.15, -0.1) is 0 Å². The van der Waals surface area contributed by atoms with Crippen LogP contribution in [0, 0.1) is 0 Å². The average molecular weight is 369 g/mol. The monoisotopic (exact) mass is 368 g/mol. The van der Waals surface area contributed by atoms with Gasteiger partial charge in [-0.1, -0.05) is 31.3 Å². The molecule has 1 aromatic heterocycles. The molecular formula is C17H28N4O3S. The van der Waals surface area contributed by atoms with Crippen LogP contribution in [-0.2, 0) is 10.8 Å². The van der Waals surface area contributed by atoms with Gasteiger partial charge >= 0.3 is 6.03 Å². The Labute approximate surface area is 151 Å². The highest BCUT2D eigenvalue weighted by Gasteiger charge is 2.26. The molecule has 1 aromatic rings. The van der Waals surface area contributed by atoms with Gasteiger partial charge in [0.05, 0.1) is 0 Å². The van der Waals surface area contributed by atoms with Crippen molar-refractivity contribution in [2.24, 2.45) is 0 Å². The lowest BCUT2D eigenvalue weighted by Crippen LogP contribution is -2.42. The highest BCUT2D eigenvalue weighted by molar-refractivity contribution is 7.85. The number of hydrogen-bond donors (Lipinski definition) is 1. The molecule has 0 bridgehead atoms. The molecule has 2 aliphatic rings. The highest BCUT2D eigenvalue weighted by Crippen LogP contribution is 2.31. The number of urea groups is 1. The molecule has 3 rings (SSSR count). The molecule has 2 amide bonds. The number of carbonyl (C=O) groups excluding carboxylic acids is 1. The molecule has 3 atom stereocenters. The van der Waals surface area contributed by atoms with E-state index in [4.69, 9.17) is 4.52 Å². The van der Waals surface area contributed by atoms with Crippen molar-refractivity contribution in [3.63, 3.8) is 0 Å². The minimum Gasteiger partial charge on any atom is -0.337 e. The highest BCUT2D eigenvalue weighted by atomic mass is 32.2. The lowest BCUT2D eigenvalue weighted by Gasteiger charge is -2.22. The van der Waals surface area contributed by atoms with Crippen LogP contribution in [0.15, 0.2) is 4.52 Å². The van der Waals surface area contributed by atoms with Gasteiger partial charge in [-0.25, -0.2) is 4.79 Å². The van der Waals surface area contributed by atoms with Crippen molar-refractivity contribution >= 4 is 16.8 Å². The summed E-state index contributed by atoms with van der Waals surface area (Å²) >= 11 is 0. The van der Waals surface area contributed by atoms with Crippen molar-refractivity contribution < 1.29 is 13.5 Å². The maximum absolute atomic E-state index is 12.5. The quantitative estimate of drug-likeness (QED) is 0.886. The molecule has 8 heteroatoms. The zero-order chi connectivity index (χ0) is 17.8. The molecule has 2 heterocycles. The van der Waals surface area contributed by atoms with Gasteiger partial charge in [-0.05, 0) is 26.2 Å². The summed E-state index contributed by atoms with van der Waals surface area (Å²) in [7, 11) is -0.850. The molecule has 7 nitrogen and oxygen atoms in total. The van der Waals surface area contributed by atoms with Crippen LogP contribution in [-0.4, -0.2) is 49.4 Å². The fraction of sp³-hybridized carbons (Fsp3) is 0.824. The predicted octanol–water partition coefficient (Wildman–Crippen LogP) is 2.73. The Bertz CT molecular complexity index is 615. The Hall–Kier alpha value is -1.44. The minimum absolute atomic E-state index is 0.143. The number of nitrogens with zero attached hydrogens (tertiary/aromatic N) is 3. The largest absolute Gasteiger partial charge is 0.337 e. The summed E-state index contributed by atoms with van der Waals surface area (Å²) in [5, 5.41) is 7.20. The van der Waals surface area contributed by atoms with Crippen LogP contribution in [0.4, 0.5) is 4.79 Å². The second kappa shape index (κ2) is 8.29. The van der Waals surface area contributed by atoms with E-state index < -0.39 is 10.8 Å². The standard InChI is InChI=1S/C17H28N4O3S/c1-12-8-9-21(10-11-25(12)23)17(22)18-13(2)16-19-15(20-24-16)14-6-4-3-5-7-14/h12-14H,3-11H2,1-2H3,(H,18,22)/t12-,13-,25-/m0/s1. The van der Waals surface area contributed by atoms with Crippen LogP contribution < -0.4 is 5.32 Å². The number of carbonyl (C=O) groups is 1. The summed E-state index contributed by atoms with van der Waals surface area (Å²) in [6.07, 6.45) is 6.71. The van der Waals surface area contributed by atoms with E-state index in [2.05, 4.69) is 15.5 Å². The third kappa shape index (κ3) is 4.59. The maximum Gasteiger partial charge on any atom is 0.318 e. The van der Waals surface area contributed by atoms with Gasteiger partial charge in [0.1, 0.15) is 6.04 Å². The second-order valence-corrected chi connectivity index (χ2v) is 9.14. The molecule has 25 heavy (non-hydrogen) atoms. The van der Waals surface area contributed by atoms with Crippen molar-refractivity contribution in [2.45, 2.75) is 69.6 Å². The fourth-order valence-electron chi connectivity index (χ4n) is 3.47. The fourth-order valence-corrected chi connectivity index (χ4v) is 4.64. The Morgan fingerprint density at radius 2 is 2.04 bits per heavy atom. The molecule has 1 aliphatic carbocycles. The molecule has 2 fully saturated rings. The zero-order valence-corrected chi connectivity index (χ0v) is 15.9. The van der Waals surface area contributed by atoms with Gasteiger partial charge in [0, 0.05) is 40.8 Å². The normalized spacial score (nSPS) is 26.9. The summed E-state index contributed by atoms with van der Waals surface area (Å²) in [5.74, 6) is 2.15. The van der Waals surface area contributed by atoms with Crippen LogP contribution in [0.3, 0.4) is 0 Å². The summed E-state index contributed by atoms with van der Waals surface area (Å²) in [5.41, 5.74) is 0. The van der Waals surface area contributed by atoms with Gasteiger partial charge in [-0.2, -0.15) is 4.98 Å². The Morgan fingerprint density at radius 3 is 2.80 bits per heavy atom. The lowest BCUT2D eigenvalue weighted by atomic mass is 9.89. The van der Waals surface area contributed by atoms with Gasteiger partial charge in [0.2, 0.25) is 5.89 Å². The predicted molar refractivity (Wildman–Crippen MR) is 95.7 cm³/mol. The SMILES string of the molecule is C[C@H](NC(=O)N1CC[C@H](C)[S@@](=O)CC1)c1nc(C2CCCCC2)no1. The Kier molecular flexibility index (Phi) is 6.09. The third-order valence-electron chi connectivity index (χ3n) is 5.24. The molecule has 140 valence electrons. The van der Waals surface area contributed by atoms with E-state index in [1.165, 1.54) is 19.3 Å². The van der Waals surface area contributed by atoms with Crippen LogP contribution in [0.5, 0.6) is 0 Å². The third-order valence-corrected chi connectivity index (χ3v) is 6.96. The maximum atomic E-state index is 12.5. The number of nitrogens with one attached hydrogen (secondary N) is 1. The summed E-state index contributed by atoms with van der Waals surface area (Å²) in [6.45, 7) is 4.98. The van der Waals surface area contributed by atoms with Crippen molar-refractivity contribution in [3.8, 4) is 0 Å². The number of amides is 2. The average Bonchev–Trinajstić information content (AvgIpc) is 3.05. The first-order valence-electron chi connectivity index (χ1n) is 9.30. The van der Waals surface area contributed by atoms with Gasteiger partial charge < -0.3 is 14.7 Å². The molecule has 1 N–H and O–H groups in total. The second-order valence-electron chi connectivity index (χ2n) is 7.17. The minimum atomic E-state index is -0.850. The van der Waals surface area contributed by atoms with E-state index in [1.807, 2.05) is 13.8 Å². The number of aromatic nitrogens is 2. The van der Waals surface area contributed by atoms with Crippen molar-refractivity contribution in [1.82, 2.24) is 20.4 Å². The molecular weight excluding hydrogens is 340 g/mol. The summed E-state index contributed by atoms with van der Waals surface area (Å²) in [4.78, 5) is 18.7. The van der Waals surface area contributed by atoms with Crippen LogP contribution in [0.25, 0.3) is 0 Å². The van der Waals surface area contributed by atoms with Crippen molar-refractivity contribution in [2.75, 3.05) is 18.8 Å². The van der Waals surface area contributed by atoms with Crippen LogP contribution in [0.1, 0.15) is 76.0 Å². The molecule has 1 saturated heterocycles. The number of rotatable bonds is 3. The van der Waals surface area contributed by atoms with E-state index in [-0.39, 0.29) is 17.3 Å². The Balaban J connectivity index is 1.56. The van der Waals surface area contributed by atoms with E-state index in [0.29, 0.717) is 30.7 Å².